The average molecular weight is 868 g/mol. The second kappa shape index (κ2) is 16.2. The van der Waals surface area contributed by atoms with Crippen molar-refractivity contribution in [3.63, 3.8) is 0 Å². The van der Waals surface area contributed by atoms with Gasteiger partial charge in [0.1, 0.15) is 11.2 Å². The SMILES string of the molecule is c1ccc(-c2ccc(-c3nc(-c4cccc(-c5ccccc5)c4)nc(-c4ccccc4-c4ccc5oc6cc(C7(c8ccccc8)c8ccccc8-c8ccccc87)ccc6c5c4)n3)cc2)cc1. The molecule has 0 N–H and O–H groups in total. The van der Waals surface area contributed by atoms with E-state index >= 15 is 0 Å². The minimum atomic E-state index is -0.513. The quantitative estimate of drug-likeness (QED) is 0.153. The van der Waals surface area contributed by atoms with Crippen molar-refractivity contribution >= 4 is 21.9 Å². The van der Waals surface area contributed by atoms with Gasteiger partial charge in [-0.15, -0.1) is 0 Å². The molecule has 12 aromatic rings. The number of fused-ring (bicyclic) bond motifs is 6. The summed E-state index contributed by atoms with van der Waals surface area (Å²) in [6.45, 7) is 0. The lowest BCUT2D eigenvalue weighted by molar-refractivity contribution is 0.665. The van der Waals surface area contributed by atoms with Gasteiger partial charge in [-0.05, 0) is 91.0 Å². The highest BCUT2D eigenvalue weighted by Crippen LogP contribution is 2.56. The van der Waals surface area contributed by atoms with Gasteiger partial charge in [-0.3, -0.25) is 0 Å². The second-order valence-corrected chi connectivity index (χ2v) is 17.5. The number of hydrogen-bond donors (Lipinski definition) is 0. The summed E-state index contributed by atoms with van der Waals surface area (Å²) in [7, 11) is 0. The topological polar surface area (TPSA) is 51.8 Å². The molecule has 10 aromatic carbocycles. The van der Waals surface area contributed by atoms with Crippen LogP contribution >= 0.6 is 0 Å². The minimum Gasteiger partial charge on any atom is -0.456 e. The molecule has 68 heavy (non-hydrogen) atoms. The predicted molar refractivity (Wildman–Crippen MR) is 277 cm³/mol. The summed E-state index contributed by atoms with van der Waals surface area (Å²) in [6.07, 6.45) is 0. The van der Waals surface area contributed by atoms with E-state index in [1.807, 2.05) is 12.1 Å². The summed E-state index contributed by atoms with van der Waals surface area (Å²) >= 11 is 0. The van der Waals surface area contributed by atoms with Crippen molar-refractivity contribution in [2.45, 2.75) is 5.41 Å². The van der Waals surface area contributed by atoms with E-state index in [9.17, 15) is 0 Å². The van der Waals surface area contributed by atoms with Crippen LogP contribution in [0.5, 0.6) is 0 Å². The first-order valence-electron chi connectivity index (χ1n) is 23.1. The molecule has 1 aliphatic rings. The fourth-order valence-electron chi connectivity index (χ4n) is 10.5. The third-order valence-corrected chi connectivity index (χ3v) is 13.7. The standard InChI is InChI=1S/C64H41N3O/c1-4-17-42(18-5-1)44-31-33-45(34-32-44)61-65-62(48-22-16-21-46(39-48)43-19-6-2-7-20-43)67-63(66-61)55-28-11-10-25-51(55)47-35-38-59-56(40-47)54-37-36-50(41-60(54)68-59)64(49-23-8-3-9-24-49)57-29-14-12-26-52(57)53-27-13-15-30-58(53)64/h1-41H. The van der Waals surface area contributed by atoms with E-state index < -0.39 is 5.41 Å². The fourth-order valence-corrected chi connectivity index (χ4v) is 10.5. The molecule has 0 unspecified atom stereocenters. The molecule has 13 rings (SSSR count). The summed E-state index contributed by atoms with van der Waals surface area (Å²) in [5.41, 5.74) is 18.0. The van der Waals surface area contributed by atoms with Crippen LogP contribution in [0.4, 0.5) is 0 Å². The zero-order chi connectivity index (χ0) is 45.0. The lowest BCUT2D eigenvalue weighted by atomic mass is 9.67. The van der Waals surface area contributed by atoms with Gasteiger partial charge in [0, 0.05) is 27.5 Å². The molecule has 2 heterocycles. The third kappa shape index (κ3) is 6.49. The first-order valence-corrected chi connectivity index (χ1v) is 23.1. The number of benzene rings is 10. The zero-order valence-corrected chi connectivity index (χ0v) is 36.9. The van der Waals surface area contributed by atoms with Crippen molar-refractivity contribution < 1.29 is 4.42 Å². The third-order valence-electron chi connectivity index (χ3n) is 13.7. The Morgan fingerprint density at radius 2 is 0.765 bits per heavy atom. The minimum absolute atomic E-state index is 0.513. The van der Waals surface area contributed by atoms with Crippen LogP contribution in [-0.4, -0.2) is 15.0 Å². The van der Waals surface area contributed by atoms with E-state index in [-0.39, 0.29) is 0 Å². The van der Waals surface area contributed by atoms with Crippen molar-refractivity contribution in [2.24, 2.45) is 0 Å². The van der Waals surface area contributed by atoms with Crippen molar-refractivity contribution in [1.29, 1.82) is 0 Å². The summed E-state index contributed by atoms with van der Waals surface area (Å²) in [5, 5.41) is 2.11. The Bertz CT molecular complexity index is 3800. The van der Waals surface area contributed by atoms with Gasteiger partial charge in [0.15, 0.2) is 17.5 Å². The van der Waals surface area contributed by atoms with E-state index in [1.54, 1.807) is 0 Å². The van der Waals surface area contributed by atoms with E-state index in [1.165, 1.54) is 33.4 Å². The molecule has 4 heteroatoms. The Morgan fingerprint density at radius 1 is 0.265 bits per heavy atom. The molecule has 0 radical (unpaired) electrons. The molecule has 0 amide bonds. The summed E-state index contributed by atoms with van der Waals surface area (Å²) in [5.74, 6) is 1.82. The Balaban J connectivity index is 0.940. The second-order valence-electron chi connectivity index (χ2n) is 17.5. The predicted octanol–water partition coefficient (Wildman–Crippen LogP) is 16.1. The fraction of sp³-hybridized carbons (Fsp3) is 0.0156. The van der Waals surface area contributed by atoms with Crippen LogP contribution in [0.15, 0.2) is 253 Å². The Labute approximate surface area is 394 Å². The normalized spacial score (nSPS) is 12.5. The van der Waals surface area contributed by atoms with Crippen LogP contribution in [0, 0.1) is 0 Å². The molecule has 0 fully saturated rings. The number of aromatic nitrogens is 3. The highest BCUT2D eigenvalue weighted by molar-refractivity contribution is 6.07. The highest BCUT2D eigenvalue weighted by atomic mass is 16.3. The van der Waals surface area contributed by atoms with Gasteiger partial charge < -0.3 is 4.42 Å². The monoisotopic (exact) mass is 867 g/mol. The van der Waals surface area contributed by atoms with Crippen LogP contribution in [0.3, 0.4) is 0 Å². The van der Waals surface area contributed by atoms with Gasteiger partial charge in [0.2, 0.25) is 0 Å². The average Bonchev–Trinajstić information content (AvgIpc) is 3.94. The van der Waals surface area contributed by atoms with Gasteiger partial charge in [-0.2, -0.15) is 0 Å². The largest absolute Gasteiger partial charge is 0.456 e. The molecule has 0 spiro atoms. The van der Waals surface area contributed by atoms with Crippen LogP contribution < -0.4 is 0 Å². The van der Waals surface area contributed by atoms with E-state index in [0.717, 1.165) is 72.0 Å². The number of nitrogens with zero attached hydrogens (tertiary/aromatic N) is 3. The number of furan rings is 1. The van der Waals surface area contributed by atoms with Crippen LogP contribution in [0.2, 0.25) is 0 Å². The van der Waals surface area contributed by atoms with Crippen LogP contribution in [0.25, 0.3) is 101 Å². The van der Waals surface area contributed by atoms with Gasteiger partial charge in [0.25, 0.3) is 0 Å². The maximum absolute atomic E-state index is 6.79. The molecular weight excluding hydrogens is 827 g/mol. The Morgan fingerprint density at radius 3 is 1.46 bits per heavy atom. The molecule has 0 saturated carbocycles. The van der Waals surface area contributed by atoms with E-state index in [0.29, 0.717) is 17.5 Å². The summed E-state index contributed by atoms with van der Waals surface area (Å²) < 4.78 is 6.79. The molecule has 0 bridgehead atoms. The number of rotatable bonds is 8. The van der Waals surface area contributed by atoms with Crippen molar-refractivity contribution in [1.82, 2.24) is 15.0 Å². The Kier molecular flexibility index (Phi) is 9.36. The molecule has 1 aliphatic carbocycles. The van der Waals surface area contributed by atoms with Gasteiger partial charge in [-0.25, -0.2) is 15.0 Å². The van der Waals surface area contributed by atoms with Gasteiger partial charge in [0.05, 0.1) is 5.41 Å². The molecule has 0 saturated heterocycles. The molecule has 2 aromatic heterocycles. The molecule has 318 valence electrons. The van der Waals surface area contributed by atoms with E-state index in [4.69, 9.17) is 19.4 Å². The van der Waals surface area contributed by atoms with Crippen molar-refractivity contribution in [2.75, 3.05) is 0 Å². The molecule has 4 nitrogen and oxygen atoms in total. The van der Waals surface area contributed by atoms with Gasteiger partial charge in [-0.1, -0.05) is 224 Å². The van der Waals surface area contributed by atoms with Crippen LogP contribution in [-0.2, 0) is 5.41 Å². The first-order chi connectivity index (χ1) is 33.7. The maximum atomic E-state index is 6.79. The van der Waals surface area contributed by atoms with Crippen molar-refractivity contribution in [3.8, 4) is 78.7 Å². The van der Waals surface area contributed by atoms with Crippen LogP contribution in [0.1, 0.15) is 22.3 Å². The lowest BCUT2D eigenvalue weighted by Gasteiger charge is -2.33. The van der Waals surface area contributed by atoms with E-state index in [2.05, 4.69) is 237 Å². The zero-order valence-electron chi connectivity index (χ0n) is 36.9. The summed E-state index contributed by atoms with van der Waals surface area (Å²) in [4.78, 5) is 15.7. The van der Waals surface area contributed by atoms with Crippen molar-refractivity contribution in [3.05, 3.63) is 271 Å². The maximum Gasteiger partial charge on any atom is 0.164 e. The number of hydrogen-bond acceptors (Lipinski definition) is 4. The van der Waals surface area contributed by atoms with Gasteiger partial charge >= 0.3 is 0 Å². The lowest BCUT2D eigenvalue weighted by Crippen LogP contribution is -2.28. The molecule has 0 aliphatic heterocycles. The highest BCUT2D eigenvalue weighted by Gasteiger charge is 2.46. The smallest absolute Gasteiger partial charge is 0.164 e. The molecular formula is C64H41N3O. The molecule has 0 atom stereocenters. The summed E-state index contributed by atoms with van der Waals surface area (Å²) in [6, 6.07) is 88.1. The Hall–Kier alpha value is -8.99. The first kappa shape index (κ1) is 39.4.